The fourth-order valence-corrected chi connectivity index (χ4v) is 8.45. The number of hydrogen-bond donors (Lipinski definition) is 1. The third kappa shape index (κ3) is 6.39. The first kappa shape index (κ1) is 34.2. The molecule has 1 N–H and O–H groups in total. The molecule has 0 saturated heterocycles. The van der Waals surface area contributed by atoms with Crippen molar-refractivity contribution in [2.75, 3.05) is 27.4 Å². The summed E-state index contributed by atoms with van der Waals surface area (Å²) >= 11 is 8.84. The molecule has 1 aliphatic rings. The number of fused-ring (bicyclic) bond motifs is 8. The minimum Gasteiger partial charge on any atom is -0.493 e. The summed E-state index contributed by atoms with van der Waals surface area (Å²) in [4.78, 5) is 16.2. The molecular weight excluding hydrogens is 672 g/mol. The average molecular weight is 713 g/mol. The van der Waals surface area contributed by atoms with Crippen molar-refractivity contribution in [2.45, 2.75) is 50.0 Å². The molecule has 260 valence electrons. The second-order valence-electron chi connectivity index (χ2n) is 12.9. The van der Waals surface area contributed by atoms with Crippen LogP contribution in [0, 0.1) is 6.92 Å². The van der Waals surface area contributed by atoms with E-state index in [-0.39, 0.29) is 5.69 Å². The molecule has 0 fully saturated rings. The first-order valence-electron chi connectivity index (χ1n) is 16.7. The zero-order valence-corrected chi connectivity index (χ0v) is 30.6. The van der Waals surface area contributed by atoms with Crippen molar-refractivity contribution in [2.24, 2.45) is 14.1 Å². The number of rotatable bonds is 4. The first-order chi connectivity index (χ1) is 24.1. The first-order valence-corrected chi connectivity index (χ1v) is 18.1. The largest absolute Gasteiger partial charge is 0.493 e. The van der Waals surface area contributed by atoms with Crippen LogP contribution in [-0.2, 0) is 50.6 Å². The van der Waals surface area contributed by atoms with Gasteiger partial charge in [0.1, 0.15) is 11.4 Å². The van der Waals surface area contributed by atoms with Crippen molar-refractivity contribution < 1.29 is 19.4 Å². The van der Waals surface area contributed by atoms with Gasteiger partial charge in [-0.2, -0.15) is 10.2 Å². The van der Waals surface area contributed by atoms with Gasteiger partial charge in [-0.05, 0) is 62.0 Å². The van der Waals surface area contributed by atoms with E-state index in [0.717, 1.165) is 77.5 Å². The fraction of sp³-hybridized carbons (Fsp3) is 0.342. The number of halogens is 1. The number of aromatic nitrogens is 5. The molecule has 50 heavy (non-hydrogen) atoms. The van der Waals surface area contributed by atoms with E-state index in [0.29, 0.717) is 50.7 Å². The zero-order valence-electron chi connectivity index (χ0n) is 29.0. The van der Waals surface area contributed by atoms with E-state index in [1.165, 1.54) is 0 Å². The standard InChI is InChI=1S/C38H41ClN6O4S/c1-23-34-32(41-45(23)14-16-48-5)21-42(2)20-25-18-26(44(4)40-25)22-50-27-17-24-9-6-7-10-28(24)33(19-27)49-15-8-11-29-30-12-13-31(39)35(34)36(30)43(3)37(29)38(46)47/h6-7,9-10,12-13,17-19H,8,11,14-16,20-22H2,1-5H3,(H,46,47). The minimum absolute atomic E-state index is 0.253. The highest BCUT2D eigenvalue weighted by Gasteiger charge is 2.28. The van der Waals surface area contributed by atoms with Gasteiger partial charge >= 0.3 is 5.97 Å². The Kier molecular flexibility index (Phi) is 9.67. The summed E-state index contributed by atoms with van der Waals surface area (Å²) in [6, 6.07) is 18.6. The third-order valence-electron chi connectivity index (χ3n) is 9.54. The second kappa shape index (κ2) is 14.1. The number of methoxy groups -OCH3 is 1. The lowest BCUT2D eigenvalue weighted by Crippen LogP contribution is -2.19. The molecule has 0 radical (unpaired) electrons. The number of benzene rings is 3. The van der Waals surface area contributed by atoms with E-state index in [4.69, 9.17) is 31.3 Å². The smallest absolute Gasteiger partial charge is 0.352 e. The van der Waals surface area contributed by atoms with Crippen molar-refractivity contribution in [3.63, 3.8) is 0 Å². The Morgan fingerprint density at radius 1 is 1.04 bits per heavy atom. The Morgan fingerprint density at radius 3 is 2.66 bits per heavy atom. The van der Waals surface area contributed by atoms with E-state index in [1.54, 1.807) is 23.4 Å². The number of aromatic carboxylic acids is 1. The van der Waals surface area contributed by atoms with Gasteiger partial charge in [0.2, 0.25) is 0 Å². The van der Waals surface area contributed by atoms with Gasteiger partial charge in [-0.15, -0.1) is 11.8 Å². The number of hydrogen-bond acceptors (Lipinski definition) is 7. The van der Waals surface area contributed by atoms with Gasteiger partial charge in [-0.3, -0.25) is 14.3 Å². The number of aryl methyl sites for hydroxylation is 3. The summed E-state index contributed by atoms with van der Waals surface area (Å²) in [5.74, 6) is 0.603. The molecule has 0 saturated carbocycles. The van der Waals surface area contributed by atoms with Crippen LogP contribution in [0.15, 0.2) is 59.5 Å². The third-order valence-corrected chi connectivity index (χ3v) is 10.9. The summed E-state index contributed by atoms with van der Waals surface area (Å²) in [6.07, 6.45) is 1.15. The Hall–Kier alpha value is -4.29. The predicted molar refractivity (Wildman–Crippen MR) is 198 cm³/mol. The Morgan fingerprint density at radius 2 is 1.86 bits per heavy atom. The van der Waals surface area contributed by atoms with E-state index in [2.05, 4.69) is 42.3 Å². The molecule has 10 nitrogen and oxygen atoms in total. The summed E-state index contributed by atoms with van der Waals surface area (Å²) in [5.41, 5.74) is 7.39. The van der Waals surface area contributed by atoms with Crippen LogP contribution < -0.4 is 4.74 Å². The lowest BCUT2D eigenvalue weighted by atomic mass is 9.98. The Bertz CT molecular complexity index is 2240. The molecule has 0 atom stereocenters. The van der Waals surface area contributed by atoms with Crippen molar-refractivity contribution in [1.82, 2.24) is 29.0 Å². The molecule has 3 aromatic carbocycles. The van der Waals surface area contributed by atoms with Crippen LogP contribution in [0.2, 0.25) is 5.02 Å². The van der Waals surface area contributed by atoms with Crippen molar-refractivity contribution in [3.8, 4) is 16.9 Å². The van der Waals surface area contributed by atoms with Gasteiger partial charge in [0.25, 0.3) is 0 Å². The highest BCUT2D eigenvalue weighted by Crippen LogP contribution is 2.42. The lowest BCUT2D eigenvalue weighted by Gasteiger charge is -2.16. The van der Waals surface area contributed by atoms with Crippen LogP contribution in [0.1, 0.15) is 45.2 Å². The maximum atomic E-state index is 12.9. The van der Waals surface area contributed by atoms with Crippen molar-refractivity contribution >= 4 is 51.0 Å². The summed E-state index contributed by atoms with van der Waals surface area (Å²) in [7, 11) is 7.55. The molecule has 12 heteroatoms. The van der Waals surface area contributed by atoms with Gasteiger partial charge in [-0.1, -0.05) is 41.9 Å². The summed E-state index contributed by atoms with van der Waals surface area (Å²) in [5, 5.41) is 24.0. The van der Waals surface area contributed by atoms with E-state index < -0.39 is 5.97 Å². The van der Waals surface area contributed by atoms with Crippen molar-refractivity contribution in [1.29, 1.82) is 0 Å². The maximum Gasteiger partial charge on any atom is 0.352 e. The highest BCUT2D eigenvalue weighted by atomic mass is 35.5. The molecular formula is C38H41ClN6O4S. The van der Waals surface area contributed by atoms with Gasteiger partial charge in [0.15, 0.2) is 0 Å². The molecule has 0 amide bonds. The van der Waals surface area contributed by atoms with Crippen LogP contribution in [0.3, 0.4) is 0 Å². The summed E-state index contributed by atoms with van der Waals surface area (Å²) in [6.45, 7) is 4.70. The van der Waals surface area contributed by atoms with E-state index in [9.17, 15) is 9.90 Å². The SMILES string of the molecule is COCCn1nc2c(c1C)-c1c(Cl)ccc3c(c(C(=O)O)n(C)c13)CCCOc1cc(cc3ccccc13)SCc1cc(nn1C)CN(C)C2. The zero-order chi connectivity index (χ0) is 35.1. The summed E-state index contributed by atoms with van der Waals surface area (Å²) < 4.78 is 17.6. The highest BCUT2D eigenvalue weighted by molar-refractivity contribution is 7.98. The Labute approximate surface area is 300 Å². The molecule has 0 spiro atoms. The van der Waals surface area contributed by atoms with E-state index in [1.807, 2.05) is 54.6 Å². The van der Waals surface area contributed by atoms with Crippen LogP contribution >= 0.6 is 23.4 Å². The fourth-order valence-electron chi connectivity index (χ4n) is 7.22. The van der Waals surface area contributed by atoms with Gasteiger partial charge in [0.05, 0.1) is 41.7 Å². The van der Waals surface area contributed by atoms with Crippen LogP contribution in [0.5, 0.6) is 5.75 Å². The quantitative estimate of drug-likeness (QED) is 0.201. The molecule has 8 bridgehead atoms. The molecule has 4 heterocycles. The minimum atomic E-state index is -0.978. The molecule has 1 aliphatic heterocycles. The van der Waals surface area contributed by atoms with Crippen LogP contribution in [0.4, 0.5) is 0 Å². The molecule has 0 aliphatic carbocycles. The number of nitrogens with zero attached hydrogens (tertiary/aromatic N) is 6. The van der Waals surface area contributed by atoms with Crippen LogP contribution in [0.25, 0.3) is 32.8 Å². The molecule has 6 aromatic rings. The number of ether oxygens (including phenoxy) is 2. The van der Waals surface area contributed by atoms with Crippen LogP contribution in [-0.4, -0.2) is 67.5 Å². The van der Waals surface area contributed by atoms with Gasteiger partial charge in [-0.25, -0.2) is 4.79 Å². The normalized spacial score (nSPS) is 14.5. The van der Waals surface area contributed by atoms with E-state index >= 15 is 0 Å². The predicted octanol–water partition coefficient (Wildman–Crippen LogP) is 7.48. The molecule has 3 aromatic heterocycles. The molecule has 7 rings (SSSR count). The van der Waals surface area contributed by atoms with Gasteiger partial charge < -0.3 is 19.1 Å². The second-order valence-corrected chi connectivity index (χ2v) is 14.4. The number of thioether (sulfide) groups is 1. The lowest BCUT2D eigenvalue weighted by molar-refractivity contribution is 0.0685. The molecule has 0 unspecified atom stereocenters. The Balaban J connectivity index is 1.38. The van der Waals surface area contributed by atoms with Crippen molar-refractivity contribution in [3.05, 3.63) is 93.7 Å². The number of carbonyl (C=O) groups is 1. The monoisotopic (exact) mass is 712 g/mol. The topological polar surface area (TPSA) is 99.6 Å². The van der Waals surface area contributed by atoms with Gasteiger partial charge in [0, 0.05) is 78.2 Å². The maximum absolute atomic E-state index is 12.9. The number of carboxylic acid groups (broad SMARTS) is 1. The average Bonchev–Trinajstić information content (AvgIpc) is 3.69. The number of carboxylic acids is 1.